The second kappa shape index (κ2) is 9.97. The van der Waals surface area contributed by atoms with Gasteiger partial charge < -0.3 is 4.42 Å². The van der Waals surface area contributed by atoms with E-state index in [1.54, 1.807) is 11.3 Å². The van der Waals surface area contributed by atoms with Gasteiger partial charge in [-0.2, -0.15) is 0 Å². The normalized spacial score (nSPS) is 11.6. The fourth-order valence-electron chi connectivity index (χ4n) is 6.10. The van der Waals surface area contributed by atoms with Crippen molar-refractivity contribution < 1.29 is 4.42 Å². The maximum absolute atomic E-state index is 6.37. The van der Waals surface area contributed by atoms with Gasteiger partial charge >= 0.3 is 0 Å². The quantitative estimate of drug-likeness (QED) is 0.207. The van der Waals surface area contributed by atoms with Crippen molar-refractivity contribution in [1.82, 2.24) is 15.0 Å². The second-order valence-corrected chi connectivity index (χ2v) is 11.9. The Bertz CT molecular complexity index is 2510. The first-order chi connectivity index (χ1) is 21.8. The predicted molar refractivity (Wildman–Crippen MR) is 182 cm³/mol. The summed E-state index contributed by atoms with van der Waals surface area (Å²) in [7, 11) is 0. The van der Waals surface area contributed by atoms with Crippen LogP contribution in [0.1, 0.15) is 0 Å². The van der Waals surface area contributed by atoms with E-state index < -0.39 is 0 Å². The summed E-state index contributed by atoms with van der Waals surface area (Å²) in [6.07, 6.45) is 0. The molecule has 0 aliphatic carbocycles. The lowest BCUT2D eigenvalue weighted by molar-refractivity contribution is 0.670. The van der Waals surface area contributed by atoms with E-state index in [1.165, 1.54) is 20.2 Å². The first kappa shape index (κ1) is 24.9. The smallest absolute Gasteiger partial charge is 0.164 e. The topological polar surface area (TPSA) is 51.8 Å². The van der Waals surface area contributed by atoms with E-state index in [4.69, 9.17) is 19.4 Å². The van der Waals surface area contributed by atoms with Gasteiger partial charge in [-0.05, 0) is 29.8 Å². The number of hydrogen-bond donors (Lipinski definition) is 0. The summed E-state index contributed by atoms with van der Waals surface area (Å²) in [6, 6.07) is 47.9. The highest BCUT2D eigenvalue weighted by atomic mass is 32.1. The zero-order valence-corrected chi connectivity index (χ0v) is 24.3. The molecule has 0 atom stereocenters. The van der Waals surface area contributed by atoms with E-state index in [-0.39, 0.29) is 0 Å². The van der Waals surface area contributed by atoms with Crippen molar-refractivity contribution in [3.05, 3.63) is 140 Å². The number of nitrogens with zero attached hydrogens (tertiary/aromatic N) is 3. The molecule has 206 valence electrons. The monoisotopic (exact) mass is 581 g/mol. The first-order valence-electron chi connectivity index (χ1n) is 14.5. The van der Waals surface area contributed by atoms with Gasteiger partial charge in [0.25, 0.3) is 0 Å². The Morgan fingerprint density at radius 2 is 1.05 bits per heavy atom. The standard InChI is InChI=1S/C39H23N3OS/c1-2-11-24(12-3-1)37-40-38(42-39(41-37)31-19-10-22-34-35(31)30-16-5-7-21-33(30)44-34)26-14-8-13-25(23-26)27-17-9-18-29-28-15-4-6-20-32(28)43-36(27)29/h1-23H. The largest absolute Gasteiger partial charge is 0.455 e. The highest BCUT2D eigenvalue weighted by Gasteiger charge is 2.18. The van der Waals surface area contributed by atoms with Crippen LogP contribution in [0.25, 0.3) is 87.4 Å². The van der Waals surface area contributed by atoms with Crippen LogP contribution in [-0.2, 0) is 0 Å². The molecule has 0 aliphatic heterocycles. The van der Waals surface area contributed by atoms with Crippen LogP contribution in [0.4, 0.5) is 0 Å². The molecule has 0 amide bonds. The third-order valence-electron chi connectivity index (χ3n) is 8.15. The maximum atomic E-state index is 6.37. The lowest BCUT2D eigenvalue weighted by Gasteiger charge is -2.10. The molecule has 0 N–H and O–H groups in total. The number of para-hydroxylation sites is 2. The molecule has 3 aromatic heterocycles. The number of aromatic nitrogens is 3. The van der Waals surface area contributed by atoms with E-state index >= 15 is 0 Å². The van der Waals surface area contributed by atoms with E-state index in [0.717, 1.165) is 49.8 Å². The molecule has 5 heteroatoms. The number of fused-ring (bicyclic) bond motifs is 6. The summed E-state index contributed by atoms with van der Waals surface area (Å²) in [6.45, 7) is 0. The molecule has 0 saturated heterocycles. The number of benzene rings is 6. The summed E-state index contributed by atoms with van der Waals surface area (Å²) in [5.74, 6) is 1.93. The molecule has 44 heavy (non-hydrogen) atoms. The Labute approximate surface area is 256 Å². The predicted octanol–water partition coefficient (Wildman–Crippen LogP) is 10.8. The van der Waals surface area contributed by atoms with Crippen molar-refractivity contribution in [2.75, 3.05) is 0 Å². The van der Waals surface area contributed by atoms with Crippen molar-refractivity contribution >= 4 is 53.4 Å². The summed E-state index contributed by atoms with van der Waals surface area (Å²) in [5, 5.41) is 4.61. The van der Waals surface area contributed by atoms with Gasteiger partial charge in [0.2, 0.25) is 0 Å². The minimum atomic E-state index is 0.629. The van der Waals surface area contributed by atoms with Crippen molar-refractivity contribution in [3.8, 4) is 45.3 Å². The summed E-state index contributed by atoms with van der Waals surface area (Å²) >= 11 is 1.79. The third-order valence-corrected chi connectivity index (χ3v) is 9.28. The molecule has 6 aromatic carbocycles. The Hall–Kier alpha value is -5.65. The third kappa shape index (κ3) is 4.02. The zero-order valence-electron chi connectivity index (χ0n) is 23.4. The van der Waals surface area contributed by atoms with E-state index in [2.05, 4.69) is 91.0 Å². The average molecular weight is 582 g/mol. The number of furan rings is 1. The van der Waals surface area contributed by atoms with E-state index in [0.29, 0.717) is 17.5 Å². The SMILES string of the molecule is c1ccc(-c2nc(-c3cccc(-c4cccc5c4oc4ccccc45)c3)nc(-c3cccc4sc5ccccc5c34)n2)cc1. The summed E-state index contributed by atoms with van der Waals surface area (Å²) in [5.41, 5.74) is 6.71. The molecule has 0 aliphatic rings. The van der Waals surface area contributed by atoms with Crippen LogP contribution >= 0.6 is 11.3 Å². The highest BCUT2D eigenvalue weighted by molar-refractivity contribution is 7.25. The van der Waals surface area contributed by atoms with Crippen LogP contribution in [0.5, 0.6) is 0 Å². The summed E-state index contributed by atoms with van der Waals surface area (Å²) < 4.78 is 8.83. The van der Waals surface area contributed by atoms with Gasteiger partial charge in [0.05, 0.1) is 0 Å². The van der Waals surface area contributed by atoms with Crippen LogP contribution in [0.2, 0.25) is 0 Å². The first-order valence-corrected chi connectivity index (χ1v) is 15.3. The number of hydrogen-bond acceptors (Lipinski definition) is 5. The molecule has 0 spiro atoms. The van der Waals surface area contributed by atoms with Crippen LogP contribution < -0.4 is 0 Å². The van der Waals surface area contributed by atoms with Crippen LogP contribution in [0, 0.1) is 0 Å². The molecule has 4 nitrogen and oxygen atoms in total. The molecule has 9 aromatic rings. The lowest BCUT2D eigenvalue weighted by atomic mass is 10.00. The lowest BCUT2D eigenvalue weighted by Crippen LogP contribution is -2.00. The molecular formula is C39H23N3OS. The Balaban J connectivity index is 1.26. The maximum Gasteiger partial charge on any atom is 0.164 e. The van der Waals surface area contributed by atoms with E-state index in [1.807, 2.05) is 48.5 Å². The van der Waals surface area contributed by atoms with Crippen LogP contribution in [-0.4, -0.2) is 15.0 Å². The fraction of sp³-hybridized carbons (Fsp3) is 0. The molecule has 0 fully saturated rings. The van der Waals surface area contributed by atoms with E-state index in [9.17, 15) is 0 Å². The molecule has 0 radical (unpaired) electrons. The Morgan fingerprint density at radius 1 is 0.432 bits per heavy atom. The van der Waals surface area contributed by atoms with Crippen molar-refractivity contribution in [1.29, 1.82) is 0 Å². The number of rotatable bonds is 4. The fourth-order valence-corrected chi connectivity index (χ4v) is 7.24. The molecular weight excluding hydrogens is 559 g/mol. The Kier molecular flexibility index (Phi) is 5.64. The molecule has 0 unspecified atom stereocenters. The van der Waals surface area contributed by atoms with Gasteiger partial charge in [0, 0.05) is 53.2 Å². The van der Waals surface area contributed by atoms with Crippen LogP contribution in [0.3, 0.4) is 0 Å². The Morgan fingerprint density at radius 3 is 1.95 bits per heavy atom. The molecule has 3 heterocycles. The van der Waals surface area contributed by atoms with Gasteiger partial charge in [-0.15, -0.1) is 11.3 Å². The molecule has 0 saturated carbocycles. The average Bonchev–Trinajstić information content (AvgIpc) is 3.67. The minimum absolute atomic E-state index is 0.629. The van der Waals surface area contributed by atoms with Crippen molar-refractivity contribution in [3.63, 3.8) is 0 Å². The van der Waals surface area contributed by atoms with Crippen molar-refractivity contribution in [2.45, 2.75) is 0 Å². The van der Waals surface area contributed by atoms with Gasteiger partial charge in [0.15, 0.2) is 17.5 Å². The molecule has 0 bridgehead atoms. The number of thiophene rings is 1. The second-order valence-electron chi connectivity index (χ2n) is 10.8. The van der Waals surface area contributed by atoms with Crippen molar-refractivity contribution in [2.24, 2.45) is 0 Å². The van der Waals surface area contributed by atoms with Gasteiger partial charge in [-0.1, -0.05) is 115 Å². The summed E-state index contributed by atoms with van der Waals surface area (Å²) in [4.78, 5) is 15.2. The highest BCUT2D eigenvalue weighted by Crippen LogP contribution is 2.40. The van der Waals surface area contributed by atoms with Gasteiger partial charge in [0.1, 0.15) is 11.2 Å². The minimum Gasteiger partial charge on any atom is -0.455 e. The zero-order chi connectivity index (χ0) is 29.0. The van der Waals surface area contributed by atoms with Crippen LogP contribution in [0.15, 0.2) is 144 Å². The molecule has 9 rings (SSSR count). The van der Waals surface area contributed by atoms with Gasteiger partial charge in [-0.25, -0.2) is 15.0 Å². The van der Waals surface area contributed by atoms with Gasteiger partial charge in [-0.3, -0.25) is 0 Å².